The van der Waals surface area contributed by atoms with E-state index in [4.69, 9.17) is 11.6 Å². The normalized spacial score (nSPS) is 10.9. The SMILES string of the molecule is CCn1ncc(NC(=O)CCn2cc(Cl)cn2)c1C(=O)Nc1cnn(C)c1C. The van der Waals surface area contributed by atoms with E-state index in [2.05, 4.69) is 25.9 Å². The molecule has 0 saturated carbocycles. The van der Waals surface area contributed by atoms with Gasteiger partial charge >= 0.3 is 0 Å². The van der Waals surface area contributed by atoms with Crippen LogP contribution in [0.5, 0.6) is 0 Å². The summed E-state index contributed by atoms with van der Waals surface area (Å²) in [4.78, 5) is 25.1. The van der Waals surface area contributed by atoms with Crippen LogP contribution in [-0.4, -0.2) is 41.2 Å². The molecule has 0 aromatic carbocycles. The van der Waals surface area contributed by atoms with Crippen molar-refractivity contribution in [1.82, 2.24) is 29.3 Å². The number of halogens is 1. The molecule has 0 aliphatic heterocycles. The van der Waals surface area contributed by atoms with Gasteiger partial charge in [-0.1, -0.05) is 11.6 Å². The van der Waals surface area contributed by atoms with E-state index in [1.54, 1.807) is 28.8 Å². The summed E-state index contributed by atoms with van der Waals surface area (Å²) in [5, 5.41) is 18.4. The fraction of sp³-hybridized carbons (Fsp3) is 0.353. The van der Waals surface area contributed by atoms with E-state index in [-0.39, 0.29) is 23.9 Å². The molecular formula is C17H21ClN8O2. The van der Waals surface area contributed by atoms with Crippen molar-refractivity contribution < 1.29 is 9.59 Å². The van der Waals surface area contributed by atoms with E-state index in [0.29, 0.717) is 29.5 Å². The fourth-order valence-electron chi connectivity index (χ4n) is 2.65. The van der Waals surface area contributed by atoms with Crippen molar-refractivity contribution in [2.24, 2.45) is 7.05 Å². The summed E-state index contributed by atoms with van der Waals surface area (Å²) in [5.74, 6) is -0.626. The van der Waals surface area contributed by atoms with Gasteiger partial charge in [-0.15, -0.1) is 0 Å². The summed E-state index contributed by atoms with van der Waals surface area (Å²) in [6.45, 7) is 4.57. The highest BCUT2D eigenvalue weighted by Crippen LogP contribution is 2.19. The minimum Gasteiger partial charge on any atom is -0.323 e. The molecule has 2 amide bonds. The van der Waals surface area contributed by atoms with E-state index in [1.807, 2.05) is 13.8 Å². The van der Waals surface area contributed by atoms with Gasteiger partial charge in [0.25, 0.3) is 5.91 Å². The van der Waals surface area contributed by atoms with Crippen LogP contribution in [0.25, 0.3) is 0 Å². The maximum atomic E-state index is 12.8. The number of hydrogen-bond donors (Lipinski definition) is 2. The van der Waals surface area contributed by atoms with Crippen LogP contribution < -0.4 is 10.6 Å². The molecule has 3 heterocycles. The van der Waals surface area contributed by atoms with Crippen LogP contribution in [0.1, 0.15) is 29.5 Å². The van der Waals surface area contributed by atoms with Gasteiger partial charge in [0.15, 0.2) is 0 Å². The minimum absolute atomic E-state index is 0.179. The molecule has 148 valence electrons. The monoisotopic (exact) mass is 404 g/mol. The highest BCUT2D eigenvalue weighted by molar-refractivity contribution is 6.30. The Bertz CT molecular complexity index is 1000. The number of nitrogens with zero attached hydrogens (tertiary/aromatic N) is 6. The molecule has 2 N–H and O–H groups in total. The van der Waals surface area contributed by atoms with Crippen molar-refractivity contribution in [3.05, 3.63) is 41.2 Å². The van der Waals surface area contributed by atoms with Crippen LogP contribution in [0.3, 0.4) is 0 Å². The van der Waals surface area contributed by atoms with Crippen LogP contribution >= 0.6 is 11.6 Å². The maximum Gasteiger partial charge on any atom is 0.276 e. The molecule has 3 aromatic heterocycles. The highest BCUT2D eigenvalue weighted by atomic mass is 35.5. The minimum atomic E-state index is -0.371. The van der Waals surface area contributed by atoms with Gasteiger partial charge in [0.2, 0.25) is 5.91 Å². The molecule has 11 heteroatoms. The Morgan fingerprint density at radius 1 is 1.11 bits per heavy atom. The third-order valence-electron chi connectivity index (χ3n) is 4.28. The lowest BCUT2D eigenvalue weighted by Gasteiger charge is -2.10. The molecule has 0 spiro atoms. The largest absolute Gasteiger partial charge is 0.323 e. The van der Waals surface area contributed by atoms with Gasteiger partial charge in [-0.2, -0.15) is 15.3 Å². The molecule has 0 atom stereocenters. The zero-order valence-electron chi connectivity index (χ0n) is 15.8. The third kappa shape index (κ3) is 4.22. The molecule has 3 aromatic rings. The molecule has 28 heavy (non-hydrogen) atoms. The average molecular weight is 405 g/mol. The predicted molar refractivity (Wildman–Crippen MR) is 104 cm³/mol. The highest BCUT2D eigenvalue weighted by Gasteiger charge is 2.21. The van der Waals surface area contributed by atoms with Gasteiger partial charge in [-0.3, -0.25) is 23.6 Å². The Balaban J connectivity index is 1.71. The third-order valence-corrected chi connectivity index (χ3v) is 4.48. The number of anilines is 2. The van der Waals surface area contributed by atoms with Crippen molar-refractivity contribution in [2.45, 2.75) is 33.4 Å². The Kier molecular flexibility index (Phi) is 5.78. The van der Waals surface area contributed by atoms with Crippen LogP contribution in [0.2, 0.25) is 5.02 Å². The zero-order valence-corrected chi connectivity index (χ0v) is 16.6. The molecule has 0 radical (unpaired) electrons. The van der Waals surface area contributed by atoms with Crippen LogP contribution in [0.15, 0.2) is 24.8 Å². The van der Waals surface area contributed by atoms with E-state index in [0.717, 1.165) is 5.69 Å². The summed E-state index contributed by atoms with van der Waals surface area (Å²) in [7, 11) is 1.79. The summed E-state index contributed by atoms with van der Waals surface area (Å²) in [5.41, 5.74) is 2.05. The standard InChI is InChI=1S/C17H21ClN8O2/c1-4-26-16(17(28)23-13-8-19-24(3)11(13)2)14(9-21-26)22-15(27)5-6-25-10-12(18)7-20-25/h7-10H,4-6H2,1-3H3,(H,22,27)(H,23,28). The number of aromatic nitrogens is 6. The second kappa shape index (κ2) is 8.26. The Morgan fingerprint density at radius 2 is 1.86 bits per heavy atom. The predicted octanol–water partition coefficient (Wildman–Crippen LogP) is 2.08. The molecule has 0 saturated heterocycles. The first-order valence-electron chi connectivity index (χ1n) is 8.72. The number of carbonyl (C=O) groups excluding carboxylic acids is 2. The van der Waals surface area contributed by atoms with Gasteiger partial charge in [-0.05, 0) is 13.8 Å². The smallest absolute Gasteiger partial charge is 0.276 e. The first kappa shape index (κ1) is 19.6. The molecule has 3 rings (SSSR count). The molecule has 0 fully saturated rings. The van der Waals surface area contributed by atoms with E-state index < -0.39 is 0 Å². The average Bonchev–Trinajstić information content (AvgIpc) is 3.35. The molecular weight excluding hydrogens is 384 g/mol. The second-order valence-corrected chi connectivity index (χ2v) is 6.60. The van der Waals surface area contributed by atoms with Gasteiger partial charge in [-0.25, -0.2) is 0 Å². The number of rotatable bonds is 7. The Morgan fingerprint density at radius 3 is 2.46 bits per heavy atom. The van der Waals surface area contributed by atoms with Crippen LogP contribution in [-0.2, 0) is 24.9 Å². The lowest BCUT2D eigenvalue weighted by Crippen LogP contribution is -2.21. The first-order valence-corrected chi connectivity index (χ1v) is 9.10. The van der Waals surface area contributed by atoms with Gasteiger partial charge in [0.05, 0.1) is 40.7 Å². The summed E-state index contributed by atoms with van der Waals surface area (Å²) < 4.78 is 4.77. The summed E-state index contributed by atoms with van der Waals surface area (Å²) >= 11 is 5.81. The summed E-state index contributed by atoms with van der Waals surface area (Å²) in [6.07, 6.45) is 6.37. The summed E-state index contributed by atoms with van der Waals surface area (Å²) in [6, 6.07) is 0. The fourth-order valence-corrected chi connectivity index (χ4v) is 2.80. The van der Waals surface area contributed by atoms with Crippen molar-refractivity contribution in [2.75, 3.05) is 10.6 Å². The van der Waals surface area contributed by atoms with E-state index in [1.165, 1.54) is 17.1 Å². The molecule has 0 aliphatic rings. The van der Waals surface area contributed by atoms with Crippen molar-refractivity contribution in [3.8, 4) is 0 Å². The van der Waals surface area contributed by atoms with E-state index >= 15 is 0 Å². The van der Waals surface area contributed by atoms with Gasteiger partial charge < -0.3 is 10.6 Å². The maximum absolute atomic E-state index is 12.8. The van der Waals surface area contributed by atoms with Crippen molar-refractivity contribution in [3.63, 3.8) is 0 Å². The zero-order chi connectivity index (χ0) is 20.3. The number of nitrogens with one attached hydrogen (secondary N) is 2. The second-order valence-electron chi connectivity index (χ2n) is 6.16. The van der Waals surface area contributed by atoms with Gasteiger partial charge in [0.1, 0.15) is 5.69 Å². The Hall–Kier alpha value is -3.14. The molecule has 0 unspecified atom stereocenters. The quantitative estimate of drug-likeness (QED) is 0.626. The number of amides is 2. The van der Waals surface area contributed by atoms with Gasteiger partial charge in [0, 0.05) is 32.8 Å². The molecule has 0 aliphatic carbocycles. The Labute approximate surface area is 166 Å². The first-order chi connectivity index (χ1) is 13.4. The lowest BCUT2D eigenvalue weighted by atomic mass is 10.3. The van der Waals surface area contributed by atoms with E-state index in [9.17, 15) is 9.59 Å². The number of aryl methyl sites for hydroxylation is 3. The molecule has 0 bridgehead atoms. The van der Waals surface area contributed by atoms with Crippen LogP contribution in [0, 0.1) is 6.92 Å². The van der Waals surface area contributed by atoms with Crippen molar-refractivity contribution >= 4 is 34.8 Å². The van der Waals surface area contributed by atoms with Crippen molar-refractivity contribution in [1.29, 1.82) is 0 Å². The lowest BCUT2D eigenvalue weighted by molar-refractivity contribution is -0.116. The topological polar surface area (TPSA) is 112 Å². The molecule has 10 nitrogen and oxygen atoms in total. The number of hydrogen-bond acceptors (Lipinski definition) is 5. The van der Waals surface area contributed by atoms with Crippen LogP contribution in [0.4, 0.5) is 11.4 Å². The number of carbonyl (C=O) groups is 2.